The van der Waals surface area contributed by atoms with Gasteiger partial charge in [0.25, 0.3) is 0 Å². The number of carboxylic acids is 1. The van der Waals surface area contributed by atoms with E-state index in [0.717, 1.165) is 0 Å². The number of nitrogens with zero attached hydrogens (tertiary/aromatic N) is 4. The molecule has 0 spiro atoms. The van der Waals surface area contributed by atoms with Crippen LogP contribution in [0.25, 0.3) is 0 Å². The number of hydrogen-bond donors (Lipinski definition) is 1. The van der Waals surface area contributed by atoms with Gasteiger partial charge in [-0.2, -0.15) is 22.0 Å². The van der Waals surface area contributed by atoms with Gasteiger partial charge >= 0.3 is 18.1 Å². The van der Waals surface area contributed by atoms with E-state index in [1.165, 1.54) is 0 Å². The topological polar surface area (TPSA) is 80.9 Å². The van der Waals surface area contributed by atoms with E-state index in [4.69, 9.17) is 5.11 Å². The molecule has 0 radical (unpaired) electrons. The zero-order chi connectivity index (χ0) is 15.6. The summed E-state index contributed by atoms with van der Waals surface area (Å²) in [5, 5.41) is 17.2. The molecule has 1 N–H and O–H groups in total. The van der Waals surface area contributed by atoms with Crippen molar-refractivity contribution in [2.45, 2.75) is 38.4 Å². The minimum Gasteiger partial charge on any atom is -0.481 e. The summed E-state index contributed by atoms with van der Waals surface area (Å²) in [6.45, 7) is 1.15. The van der Waals surface area contributed by atoms with Crippen molar-refractivity contribution in [1.29, 1.82) is 0 Å². The maximum Gasteiger partial charge on any atom is 0.461 e. The summed E-state index contributed by atoms with van der Waals surface area (Å²) in [7, 11) is 0. The van der Waals surface area contributed by atoms with Gasteiger partial charge in [0, 0.05) is 13.0 Å². The lowest BCUT2D eigenvalue weighted by atomic mass is 10.0. The van der Waals surface area contributed by atoms with Gasteiger partial charge < -0.3 is 5.11 Å². The minimum atomic E-state index is -5.83. The van der Waals surface area contributed by atoms with Crippen LogP contribution in [-0.2, 0) is 17.3 Å². The molecule has 1 unspecified atom stereocenters. The molecule has 1 aromatic heterocycles. The number of carbonyl (C=O) groups is 1. The molecule has 1 rings (SSSR count). The van der Waals surface area contributed by atoms with Crippen LogP contribution in [0.3, 0.4) is 0 Å². The fourth-order valence-electron chi connectivity index (χ4n) is 1.51. The maximum absolute atomic E-state index is 13.2. The number of aliphatic carboxylic acids is 1. The highest BCUT2D eigenvalue weighted by atomic mass is 19.4. The van der Waals surface area contributed by atoms with Crippen LogP contribution in [0, 0.1) is 5.92 Å². The standard InChI is InChI=1S/C9H11F5N4O2/c1-2-5(3-6(19)20)4-18-7(15-16-17-18)8(10,11)9(12,13)14/h5H,2-4H2,1H3,(H,19,20). The fraction of sp³-hybridized carbons (Fsp3) is 0.778. The van der Waals surface area contributed by atoms with Crippen molar-refractivity contribution >= 4 is 5.97 Å². The largest absolute Gasteiger partial charge is 0.481 e. The van der Waals surface area contributed by atoms with Crippen LogP contribution in [0.2, 0.25) is 0 Å². The maximum atomic E-state index is 13.2. The Morgan fingerprint density at radius 3 is 2.40 bits per heavy atom. The molecule has 0 saturated heterocycles. The van der Waals surface area contributed by atoms with Crippen LogP contribution in [0.15, 0.2) is 0 Å². The van der Waals surface area contributed by atoms with E-state index < -0.39 is 36.4 Å². The van der Waals surface area contributed by atoms with Gasteiger partial charge in [-0.1, -0.05) is 13.3 Å². The number of aromatic nitrogens is 4. The minimum absolute atomic E-state index is 0.267. The smallest absolute Gasteiger partial charge is 0.461 e. The van der Waals surface area contributed by atoms with Crippen molar-refractivity contribution in [3.8, 4) is 0 Å². The predicted octanol–water partition coefficient (Wildman–Crippen LogP) is 1.83. The summed E-state index contributed by atoms with van der Waals surface area (Å²) in [6.07, 6.45) is -5.94. The zero-order valence-corrected chi connectivity index (χ0v) is 10.2. The number of tetrazole rings is 1. The van der Waals surface area contributed by atoms with Crippen LogP contribution in [-0.4, -0.2) is 37.5 Å². The highest BCUT2D eigenvalue weighted by Gasteiger charge is 2.62. The Bertz CT molecular complexity index is 473. The van der Waals surface area contributed by atoms with Crippen LogP contribution in [0.5, 0.6) is 0 Å². The van der Waals surface area contributed by atoms with Gasteiger partial charge in [0.1, 0.15) is 0 Å². The molecule has 0 amide bonds. The van der Waals surface area contributed by atoms with Crippen LogP contribution in [0.4, 0.5) is 22.0 Å². The summed E-state index contributed by atoms with van der Waals surface area (Å²) in [6, 6.07) is 0. The lowest BCUT2D eigenvalue weighted by Crippen LogP contribution is -2.37. The summed E-state index contributed by atoms with van der Waals surface area (Å²) in [5.41, 5.74) is 0. The van der Waals surface area contributed by atoms with Crippen molar-refractivity contribution in [1.82, 2.24) is 20.2 Å². The second kappa shape index (κ2) is 5.67. The predicted molar refractivity (Wildman–Crippen MR) is 53.8 cm³/mol. The van der Waals surface area contributed by atoms with Gasteiger partial charge in [0.2, 0.25) is 5.82 Å². The van der Waals surface area contributed by atoms with Gasteiger partial charge in [-0.05, 0) is 16.3 Å². The van der Waals surface area contributed by atoms with Gasteiger partial charge in [-0.15, -0.1) is 5.10 Å². The molecular weight excluding hydrogens is 291 g/mol. The van der Waals surface area contributed by atoms with Gasteiger partial charge in [0.05, 0.1) is 0 Å². The molecule has 0 aromatic carbocycles. The second-order valence-electron chi connectivity index (χ2n) is 4.13. The first kappa shape index (κ1) is 16.2. The molecule has 0 saturated carbocycles. The molecule has 1 atom stereocenters. The normalized spacial score (nSPS) is 14.3. The summed E-state index contributed by atoms with van der Waals surface area (Å²) in [5.74, 6) is -8.68. The molecule has 0 fully saturated rings. The summed E-state index contributed by atoms with van der Waals surface area (Å²) >= 11 is 0. The van der Waals surface area contributed by atoms with E-state index >= 15 is 0 Å². The van der Waals surface area contributed by atoms with Gasteiger partial charge in [0.15, 0.2) is 0 Å². The van der Waals surface area contributed by atoms with E-state index in [0.29, 0.717) is 4.68 Å². The van der Waals surface area contributed by atoms with Crippen molar-refractivity contribution in [3.63, 3.8) is 0 Å². The quantitative estimate of drug-likeness (QED) is 0.811. The van der Waals surface area contributed by atoms with Crippen LogP contribution < -0.4 is 0 Å². The first-order valence-corrected chi connectivity index (χ1v) is 5.52. The van der Waals surface area contributed by atoms with Crippen molar-refractivity contribution in [3.05, 3.63) is 5.82 Å². The molecule has 1 aromatic rings. The SMILES string of the molecule is CCC(CC(=O)O)Cn1nnnc1C(F)(F)C(F)(F)F. The third-order valence-electron chi connectivity index (χ3n) is 2.64. The molecule has 0 aliphatic heterocycles. The average molecular weight is 302 g/mol. The molecule has 20 heavy (non-hydrogen) atoms. The Labute approximate surface area is 109 Å². The zero-order valence-electron chi connectivity index (χ0n) is 10.2. The molecule has 1 heterocycles. The number of halogens is 5. The summed E-state index contributed by atoms with van der Waals surface area (Å²) in [4.78, 5) is 10.5. The lowest BCUT2D eigenvalue weighted by Gasteiger charge is -2.20. The van der Waals surface area contributed by atoms with E-state index in [-0.39, 0.29) is 12.8 Å². The number of rotatable bonds is 6. The highest BCUT2D eigenvalue weighted by molar-refractivity contribution is 5.66. The molecular formula is C9H11F5N4O2. The van der Waals surface area contributed by atoms with Gasteiger partial charge in [-0.25, -0.2) is 4.68 Å². The third kappa shape index (κ3) is 3.39. The van der Waals surface area contributed by atoms with Crippen molar-refractivity contribution in [2.75, 3.05) is 0 Å². The molecule has 6 nitrogen and oxygen atoms in total. The second-order valence-corrected chi connectivity index (χ2v) is 4.13. The molecule has 11 heteroatoms. The Morgan fingerprint density at radius 2 is 1.95 bits per heavy atom. The van der Waals surface area contributed by atoms with E-state index in [1.807, 2.05) is 0 Å². The monoisotopic (exact) mass is 302 g/mol. The van der Waals surface area contributed by atoms with E-state index in [9.17, 15) is 26.7 Å². The lowest BCUT2D eigenvalue weighted by molar-refractivity contribution is -0.293. The fourth-order valence-corrected chi connectivity index (χ4v) is 1.51. The van der Waals surface area contributed by atoms with Crippen LogP contribution >= 0.6 is 0 Å². The summed E-state index contributed by atoms with van der Waals surface area (Å²) < 4.78 is 63.4. The van der Waals surface area contributed by atoms with Crippen molar-refractivity contribution in [2.24, 2.45) is 5.92 Å². The Morgan fingerprint density at radius 1 is 1.35 bits per heavy atom. The van der Waals surface area contributed by atoms with Crippen molar-refractivity contribution < 1.29 is 31.9 Å². The third-order valence-corrected chi connectivity index (χ3v) is 2.64. The Balaban J connectivity index is 3.00. The average Bonchev–Trinajstić information content (AvgIpc) is 2.74. The number of carboxylic acid groups (broad SMARTS) is 1. The Kier molecular flexibility index (Phi) is 4.61. The van der Waals surface area contributed by atoms with E-state index in [2.05, 4.69) is 15.5 Å². The molecule has 0 bridgehead atoms. The number of alkyl halides is 5. The molecule has 0 aliphatic rings. The number of hydrogen-bond acceptors (Lipinski definition) is 4. The van der Waals surface area contributed by atoms with E-state index in [1.54, 1.807) is 6.92 Å². The Hall–Kier alpha value is -1.81. The first-order valence-electron chi connectivity index (χ1n) is 5.52. The first-order chi connectivity index (χ1) is 9.09. The van der Waals surface area contributed by atoms with Crippen LogP contribution in [0.1, 0.15) is 25.6 Å². The highest BCUT2D eigenvalue weighted by Crippen LogP contribution is 2.42. The molecule has 114 valence electrons. The molecule has 0 aliphatic carbocycles. The van der Waals surface area contributed by atoms with Gasteiger partial charge in [-0.3, -0.25) is 4.79 Å².